The van der Waals surface area contributed by atoms with Crippen LogP contribution in [0.25, 0.3) is 27.6 Å². The molecule has 0 atom stereocenters. The molecule has 0 saturated carbocycles. The van der Waals surface area contributed by atoms with Crippen LogP contribution in [0.4, 0.5) is 22.7 Å². The van der Waals surface area contributed by atoms with Gasteiger partial charge in [-0.05, 0) is 128 Å². The topological polar surface area (TPSA) is 33.5 Å². The Balaban J connectivity index is 1.14. The van der Waals surface area contributed by atoms with Crippen LogP contribution in [0.2, 0.25) is 0 Å². The second-order valence-corrected chi connectivity index (χ2v) is 23.2. The average Bonchev–Trinajstić information content (AvgIpc) is 3.80. The normalized spacial score (nSPS) is 13.8. The molecule has 0 amide bonds. The van der Waals surface area contributed by atoms with Crippen LogP contribution in [-0.4, -0.2) is 16.2 Å². The number of aromatic nitrogens is 2. The van der Waals surface area contributed by atoms with Gasteiger partial charge in [-0.1, -0.05) is 152 Å². The van der Waals surface area contributed by atoms with Crippen LogP contribution in [0, 0.1) is 0 Å². The van der Waals surface area contributed by atoms with Crippen molar-refractivity contribution in [3.8, 4) is 17.3 Å². The zero-order valence-electron chi connectivity index (χ0n) is 41.8. The Morgan fingerprint density at radius 3 is 1.62 bits per heavy atom. The second kappa shape index (κ2) is 15.9. The molecule has 8 aromatic rings. The summed E-state index contributed by atoms with van der Waals surface area (Å²) in [7, 11) is 0. The zero-order valence-corrected chi connectivity index (χ0v) is 41.8. The molecule has 0 bridgehead atoms. The van der Waals surface area contributed by atoms with Crippen LogP contribution in [0.5, 0.6) is 11.5 Å². The van der Waals surface area contributed by atoms with Gasteiger partial charge in [0.05, 0.1) is 22.4 Å². The molecule has 9 rings (SSSR count). The number of rotatable bonds is 7. The van der Waals surface area contributed by atoms with Crippen molar-refractivity contribution in [2.24, 2.45) is 0 Å². The Morgan fingerprint density at radius 2 is 1.00 bits per heavy atom. The van der Waals surface area contributed by atoms with E-state index in [1.165, 1.54) is 61.2 Å². The summed E-state index contributed by atoms with van der Waals surface area (Å²) in [6.07, 6.45) is 1.94. The van der Waals surface area contributed by atoms with E-state index in [2.05, 4.69) is 251 Å². The fourth-order valence-corrected chi connectivity index (χ4v) is 9.71. The van der Waals surface area contributed by atoms with E-state index < -0.39 is 0 Å². The lowest BCUT2D eigenvalue weighted by molar-refractivity contribution is 0.483. The Kier molecular flexibility index (Phi) is 10.8. The van der Waals surface area contributed by atoms with Gasteiger partial charge in [0.2, 0.25) is 0 Å². The molecule has 66 heavy (non-hydrogen) atoms. The average molecular weight is 873 g/mol. The third-order valence-corrected chi connectivity index (χ3v) is 13.8. The maximum absolute atomic E-state index is 6.89. The van der Waals surface area contributed by atoms with E-state index in [0.717, 1.165) is 34.0 Å². The minimum atomic E-state index is -0.169. The molecule has 0 radical (unpaired) electrons. The summed E-state index contributed by atoms with van der Waals surface area (Å²) in [4.78, 5) is 9.92. The van der Waals surface area contributed by atoms with Crippen molar-refractivity contribution in [3.63, 3.8) is 0 Å². The van der Waals surface area contributed by atoms with Crippen molar-refractivity contribution in [1.29, 1.82) is 0 Å². The highest BCUT2D eigenvalue weighted by Gasteiger charge is 2.35. The number of fused-ring (bicyclic) bond motifs is 4. The highest BCUT2D eigenvalue weighted by Crippen LogP contribution is 2.50. The van der Waals surface area contributed by atoms with Crippen LogP contribution in [-0.2, 0) is 27.1 Å². The monoisotopic (exact) mass is 873 g/mol. The van der Waals surface area contributed by atoms with Crippen molar-refractivity contribution in [2.75, 3.05) is 16.5 Å². The number of nitrogens with zero attached hydrogens (tertiary/aromatic N) is 4. The number of hydrogen-bond acceptors (Lipinski definition) is 4. The van der Waals surface area contributed by atoms with Gasteiger partial charge in [0.25, 0.3) is 0 Å². The summed E-state index contributed by atoms with van der Waals surface area (Å²) in [5.41, 5.74) is 14.5. The molecular weight excluding hydrogens is 805 g/mol. The smallest absolute Gasteiger partial charge is 0.137 e. The van der Waals surface area contributed by atoms with Crippen LogP contribution in [0.1, 0.15) is 130 Å². The molecule has 5 heteroatoms. The van der Waals surface area contributed by atoms with Gasteiger partial charge < -0.3 is 14.5 Å². The quantitative estimate of drug-likeness (QED) is 0.160. The Bertz CT molecular complexity index is 3110. The first-order chi connectivity index (χ1) is 31.0. The molecule has 1 aliphatic heterocycles. The fourth-order valence-electron chi connectivity index (χ4n) is 9.71. The first-order valence-corrected chi connectivity index (χ1v) is 23.7. The van der Waals surface area contributed by atoms with Gasteiger partial charge in [-0.25, -0.2) is 4.98 Å². The maximum Gasteiger partial charge on any atom is 0.137 e. The van der Waals surface area contributed by atoms with E-state index in [-0.39, 0.29) is 27.1 Å². The Morgan fingerprint density at radius 1 is 0.424 bits per heavy atom. The second-order valence-electron chi connectivity index (χ2n) is 23.2. The van der Waals surface area contributed by atoms with E-state index >= 15 is 0 Å². The first-order valence-electron chi connectivity index (χ1n) is 23.7. The van der Waals surface area contributed by atoms with Gasteiger partial charge in [-0.2, -0.15) is 0 Å². The number of pyridine rings is 1. The molecule has 6 aromatic carbocycles. The highest BCUT2D eigenvalue weighted by molar-refractivity contribution is 6.10. The van der Waals surface area contributed by atoms with E-state index in [0.29, 0.717) is 6.67 Å². The number of ether oxygens (including phenoxy) is 1. The first kappa shape index (κ1) is 44.9. The number of anilines is 4. The lowest BCUT2D eigenvalue weighted by Gasteiger charge is -2.32. The molecule has 5 nitrogen and oxygen atoms in total. The summed E-state index contributed by atoms with van der Waals surface area (Å²) >= 11 is 0. The molecule has 338 valence electrons. The summed E-state index contributed by atoms with van der Waals surface area (Å²) in [5.74, 6) is 2.46. The number of benzene rings is 6. The van der Waals surface area contributed by atoms with E-state index in [4.69, 9.17) is 9.72 Å². The summed E-state index contributed by atoms with van der Waals surface area (Å²) < 4.78 is 9.20. The molecule has 0 N–H and O–H groups in total. The maximum atomic E-state index is 6.89. The molecule has 3 heterocycles. The van der Waals surface area contributed by atoms with Crippen molar-refractivity contribution in [1.82, 2.24) is 9.55 Å². The van der Waals surface area contributed by atoms with Gasteiger partial charge in [0.15, 0.2) is 0 Å². The van der Waals surface area contributed by atoms with Crippen LogP contribution >= 0.6 is 0 Å². The summed E-state index contributed by atoms with van der Waals surface area (Å²) in [5, 5.41) is 2.39. The van der Waals surface area contributed by atoms with Crippen molar-refractivity contribution >= 4 is 44.6 Å². The van der Waals surface area contributed by atoms with Gasteiger partial charge >= 0.3 is 0 Å². The highest BCUT2D eigenvalue weighted by atomic mass is 16.5. The molecular formula is C61H68N4O. The van der Waals surface area contributed by atoms with E-state index in [1.54, 1.807) is 0 Å². The predicted octanol–water partition coefficient (Wildman–Crippen LogP) is 16.7. The summed E-state index contributed by atoms with van der Waals surface area (Å²) in [6.45, 7) is 32.9. The van der Waals surface area contributed by atoms with Gasteiger partial charge in [-0.15, -0.1) is 0 Å². The minimum absolute atomic E-state index is 0.0144. The molecule has 0 unspecified atom stereocenters. The molecule has 0 aliphatic carbocycles. The van der Waals surface area contributed by atoms with E-state index in [1.807, 2.05) is 6.20 Å². The Hall–Kier alpha value is -6.33. The lowest BCUT2D eigenvalue weighted by atomic mass is 9.74. The molecule has 0 fully saturated rings. The van der Waals surface area contributed by atoms with Gasteiger partial charge in [0.1, 0.15) is 24.0 Å². The van der Waals surface area contributed by atoms with E-state index in [9.17, 15) is 0 Å². The molecule has 1 aliphatic rings. The predicted molar refractivity (Wildman–Crippen MR) is 280 cm³/mol. The minimum Gasteiger partial charge on any atom is -0.457 e. The lowest BCUT2D eigenvalue weighted by Crippen LogP contribution is -2.25. The molecule has 0 saturated heterocycles. The van der Waals surface area contributed by atoms with Crippen molar-refractivity contribution in [3.05, 3.63) is 179 Å². The number of hydrogen-bond donors (Lipinski definition) is 0. The van der Waals surface area contributed by atoms with Gasteiger partial charge in [0, 0.05) is 45.9 Å². The third kappa shape index (κ3) is 8.27. The molecule has 2 aromatic heterocycles. The standard InChI is InChI=1S/C61H68N4O/c1-57(2,3)41-26-29-52-49(33-41)48-28-27-47(36-53(48)65(52)56-34-42(30-31-62-56)58(4,5)6)66-46-25-19-24-45(35-46)64-39-63(54-37-50(59(7,8)9)51(38-55(54)64)60(10,11)12)44-23-18-22-43(32-44)61(13,14)40-20-16-15-17-21-40/h15-38H,39H2,1-14H3. The SMILES string of the molecule is CC(C)(C)c1ccnc(-n2c3ccc(C(C)(C)C)cc3c3ccc(Oc4cccc(N5CN(c6cccc(C(C)(C)c7ccccc7)c6)c6cc(C(C)(C)C)c(C(C)(C)C)cc65)c4)cc32)c1. The Labute approximate surface area is 394 Å². The largest absolute Gasteiger partial charge is 0.457 e. The van der Waals surface area contributed by atoms with Crippen LogP contribution in [0.15, 0.2) is 146 Å². The zero-order chi connectivity index (χ0) is 47.1. The van der Waals surface area contributed by atoms with Crippen molar-refractivity contribution < 1.29 is 4.74 Å². The van der Waals surface area contributed by atoms with Crippen LogP contribution < -0.4 is 14.5 Å². The van der Waals surface area contributed by atoms with Crippen molar-refractivity contribution in [2.45, 2.75) is 124 Å². The van der Waals surface area contributed by atoms with Gasteiger partial charge in [-0.3, -0.25) is 4.57 Å². The third-order valence-electron chi connectivity index (χ3n) is 13.8. The van der Waals surface area contributed by atoms with Crippen LogP contribution in [0.3, 0.4) is 0 Å². The fraction of sp³-hybridized carbons (Fsp3) is 0.328. The summed E-state index contributed by atoms with van der Waals surface area (Å²) in [6, 6.07) is 51.3. The molecule has 0 spiro atoms.